The van der Waals surface area contributed by atoms with E-state index < -0.39 is 0 Å². The molecule has 2 heterocycles. The van der Waals surface area contributed by atoms with Gasteiger partial charge in [0.1, 0.15) is 11.5 Å². The van der Waals surface area contributed by atoms with E-state index in [1.54, 1.807) is 6.07 Å². The largest absolute Gasteiger partial charge is 0.370 e. The summed E-state index contributed by atoms with van der Waals surface area (Å²) in [6.45, 7) is 4.85. The number of hydrogen-bond donors (Lipinski definition) is 1. The van der Waals surface area contributed by atoms with Gasteiger partial charge in [-0.3, -0.25) is 0 Å². The molecule has 0 saturated carbocycles. The van der Waals surface area contributed by atoms with Crippen LogP contribution in [-0.2, 0) is 6.42 Å². The average Bonchev–Trinajstić information content (AvgIpc) is 2.38. The van der Waals surface area contributed by atoms with E-state index >= 15 is 0 Å². The first-order chi connectivity index (χ1) is 9.13. The van der Waals surface area contributed by atoms with Crippen LogP contribution in [0, 0.1) is 0 Å². The van der Waals surface area contributed by atoms with Crippen LogP contribution < -0.4 is 5.32 Å². The quantitative estimate of drug-likeness (QED) is 0.931. The minimum atomic E-state index is 0.447. The van der Waals surface area contributed by atoms with Crippen LogP contribution in [0.1, 0.15) is 19.5 Å². The van der Waals surface area contributed by atoms with Crippen molar-refractivity contribution in [2.75, 3.05) is 11.9 Å². The van der Waals surface area contributed by atoms with Crippen LogP contribution in [0.3, 0.4) is 0 Å². The molecule has 100 valence electrons. The number of nitrogens with zero attached hydrogens (tertiary/aromatic N) is 3. The van der Waals surface area contributed by atoms with Gasteiger partial charge in [0.2, 0.25) is 0 Å². The van der Waals surface area contributed by atoms with Gasteiger partial charge < -0.3 is 5.32 Å². The highest BCUT2D eigenvalue weighted by molar-refractivity contribution is 6.35. The monoisotopic (exact) mass is 296 g/mol. The number of aryl methyl sites for hydroxylation is 1. The Kier molecular flexibility index (Phi) is 4.56. The van der Waals surface area contributed by atoms with Gasteiger partial charge in [-0.2, -0.15) is 0 Å². The highest BCUT2D eigenvalue weighted by atomic mass is 35.5. The van der Waals surface area contributed by atoms with Gasteiger partial charge >= 0.3 is 0 Å². The van der Waals surface area contributed by atoms with Gasteiger partial charge in [0.05, 0.1) is 10.0 Å². The zero-order chi connectivity index (χ0) is 13.8. The molecule has 0 bridgehead atoms. The second-order valence-corrected chi connectivity index (χ2v) is 4.78. The maximum atomic E-state index is 6.14. The van der Waals surface area contributed by atoms with Gasteiger partial charge in [0, 0.05) is 24.5 Å². The molecule has 0 atom stereocenters. The van der Waals surface area contributed by atoms with Crippen molar-refractivity contribution in [2.24, 2.45) is 0 Å². The third kappa shape index (κ3) is 3.33. The average molecular weight is 297 g/mol. The summed E-state index contributed by atoms with van der Waals surface area (Å²) in [7, 11) is 0. The van der Waals surface area contributed by atoms with Crippen molar-refractivity contribution in [3.05, 3.63) is 34.1 Å². The van der Waals surface area contributed by atoms with E-state index in [4.69, 9.17) is 23.2 Å². The number of anilines is 1. The summed E-state index contributed by atoms with van der Waals surface area (Å²) in [6, 6.07) is 3.57. The zero-order valence-corrected chi connectivity index (χ0v) is 12.3. The van der Waals surface area contributed by atoms with Crippen LogP contribution in [0.25, 0.3) is 11.5 Å². The van der Waals surface area contributed by atoms with Crippen molar-refractivity contribution >= 4 is 29.0 Å². The summed E-state index contributed by atoms with van der Waals surface area (Å²) in [5, 5.41) is 4.12. The highest BCUT2D eigenvalue weighted by Crippen LogP contribution is 2.26. The molecule has 19 heavy (non-hydrogen) atoms. The normalized spacial score (nSPS) is 10.5. The highest BCUT2D eigenvalue weighted by Gasteiger charge is 2.11. The maximum Gasteiger partial charge on any atom is 0.181 e. The molecule has 4 nitrogen and oxygen atoms in total. The minimum absolute atomic E-state index is 0.447. The van der Waals surface area contributed by atoms with Crippen LogP contribution in [0.15, 0.2) is 18.3 Å². The second-order valence-electron chi connectivity index (χ2n) is 3.94. The van der Waals surface area contributed by atoms with Gasteiger partial charge in [-0.15, -0.1) is 0 Å². The summed E-state index contributed by atoms with van der Waals surface area (Å²) >= 11 is 12.0. The van der Waals surface area contributed by atoms with Gasteiger partial charge in [0.15, 0.2) is 5.82 Å². The molecule has 0 unspecified atom stereocenters. The number of hydrogen-bond acceptors (Lipinski definition) is 4. The van der Waals surface area contributed by atoms with Crippen LogP contribution in [0.2, 0.25) is 10.0 Å². The minimum Gasteiger partial charge on any atom is -0.370 e. The Morgan fingerprint density at radius 1 is 1.16 bits per heavy atom. The summed E-state index contributed by atoms with van der Waals surface area (Å²) in [6.07, 6.45) is 2.36. The van der Waals surface area contributed by atoms with Gasteiger partial charge in [-0.1, -0.05) is 30.1 Å². The van der Waals surface area contributed by atoms with Crippen LogP contribution in [0.4, 0.5) is 5.82 Å². The van der Waals surface area contributed by atoms with E-state index in [0.29, 0.717) is 21.6 Å². The Bertz CT molecular complexity index is 587. The van der Waals surface area contributed by atoms with Gasteiger partial charge in [-0.25, -0.2) is 15.0 Å². The van der Waals surface area contributed by atoms with Crippen molar-refractivity contribution in [3.63, 3.8) is 0 Å². The van der Waals surface area contributed by atoms with Gasteiger partial charge in [0.25, 0.3) is 0 Å². The fourth-order valence-electron chi connectivity index (χ4n) is 1.64. The Morgan fingerprint density at radius 3 is 2.58 bits per heavy atom. The molecule has 0 saturated heterocycles. The Labute approximate surface area is 122 Å². The predicted molar refractivity (Wildman–Crippen MR) is 78.8 cm³/mol. The lowest BCUT2D eigenvalue weighted by Gasteiger charge is -2.08. The zero-order valence-electron chi connectivity index (χ0n) is 10.7. The smallest absolute Gasteiger partial charge is 0.181 e. The maximum absolute atomic E-state index is 6.14. The number of aromatic nitrogens is 3. The van der Waals surface area contributed by atoms with Crippen molar-refractivity contribution in [1.82, 2.24) is 15.0 Å². The molecule has 0 aliphatic rings. The van der Waals surface area contributed by atoms with Crippen molar-refractivity contribution in [1.29, 1.82) is 0 Å². The summed E-state index contributed by atoms with van der Waals surface area (Å²) in [5.74, 6) is 1.29. The van der Waals surface area contributed by atoms with E-state index in [2.05, 4.69) is 20.3 Å². The molecule has 0 aliphatic carbocycles. The van der Waals surface area contributed by atoms with E-state index in [1.165, 1.54) is 6.20 Å². The van der Waals surface area contributed by atoms with E-state index in [9.17, 15) is 0 Å². The fourth-order valence-corrected chi connectivity index (χ4v) is 2.10. The summed E-state index contributed by atoms with van der Waals surface area (Å²) < 4.78 is 0. The SMILES string of the molecule is CCNc1cc(CC)nc(-c2ncc(Cl)cc2Cl)n1. The third-order valence-corrected chi connectivity index (χ3v) is 3.01. The number of pyridine rings is 1. The van der Waals surface area contributed by atoms with Crippen molar-refractivity contribution in [2.45, 2.75) is 20.3 Å². The first-order valence-corrected chi connectivity index (χ1v) is 6.82. The topological polar surface area (TPSA) is 50.7 Å². The molecule has 0 aromatic carbocycles. The standard InChI is InChI=1S/C13H14Cl2N4/c1-3-9-6-11(16-4-2)19-13(18-9)12-10(15)5-8(14)7-17-12/h5-7H,3-4H2,1-2H3,(H,16,18,19). The van der Waals surface area contributed by atoms with Crippen LogP contribution >= 0.6 is 23.2 Å². The molecule has 0 amide bonds. The second kappa shape index (κ2) is 6.17. The lowest BCUT2D eigenvalue weighted by atomic mass is 10.2. The molecular weight excluding hydrogens is 283 g/mol. The Morgan fingerprint density at radius 2 is 1.95 bits per heavy atom. The molecule has 2 aromatic rings. The van der Waals surface area contributed by atoms with E-state index in [0.717, 1.165) is 24.5 Å². The van der Waals surface area contributed by atoms with Crippen molar-refractivity contribution in [3.8, 4) is 11.5 Å². The van der Waals surface area contributed by atoms with Crippen LogP contribution in [0.5, 0.6) is 0 Å². The molecule has 2 aromatic heterocycles. The molecule has 0 aliphatic heterocycles. The molecule has 0 radical (unpaired) electrons. The van der Waals surface area contributed by atoms with Gasteiger partial charge in [-0.05, 0) is 19.4 Å². The lowest BCUT2D eigenvalue weighted by molar-refractivity contribution is 0.992. The fraction of sp³-hybridized carbons (Fsp3) is 0.308. The Hall–Kier alpha value is -1.39. The third-order valence-electron chi connectivity index (χ3n) is 2.52. The molecule has 0 spiro atoms. The molecule has 1 N–H and O–H groups in total. The van der Waals surface area contributed by atoms with E-state index in [-0.39, 0.29) is 0 Å². The summed E-state index contributed by atoms with van der Waals surface area (Å²) in [4.78, 5) is 13.1. The van der Waals surface area contributed by atoms with Crippen LogP contribution in [-0.4, -0.2) is 21.5 Å². The number of rotatable bonds is 4. The summed E-state index contributed by atoms with van der Waals surface area (Å²) in [5.41, 5.74) is 1.48. The number of halogens is 2. The molecular formula is C13H14Cl2N4. The number of nitrogens with one attached hydrogen (secondary N) is 1. The Balaban J connectivity index is 2.51. The first kappa shape index (κ1) is 14.0. The molecule has 2 rings (SSSR count). The first-order valence-electron chi connectivity index (χ1n) is 6.07. The van der Waals surface area contributed by atoms with E-state index in [1.807, 2.05) is 19.9 Å². The molecule has 0 fully saturated rings. The van der Waals surface area contributed by atoms with Crippen molar-refractivity contribution < 1.29 is 0 Å². The molecule has 6 heteroatoms. The predicted octanol–water partition coefficient (Wildman–Crippen LogP) is 3.84. The lowest BCUT2D eigenvalue weighted by Crippen LogP contribution is -2.04.